The maximum absolute atomic E-state index is 12.1. The molecule has 0 bridgehead atoms. The second kappa shape index (κ2) is 3.46. The highest BCUT2D eigenvalue weighted by Gasteiger charge is 2.50. The molecule has 1 saturated carbocycles. The van der Waals surface area contributed by atoms with Crippen LogP contribution in [-0.2, 0) is 0 Å². The standard InChI is InChI=1S/C8H14F3NO/c9-8(10,11)6(13)7(12)4-2-1-3-5-7/h6,13H,1-5,12H2. The predicted molar refractivity (Wildman–Crippen MR) is 42.1 cm³/mol. The van der Waals surface area contributed by atoms with Gasteiger partial charge in [-0.05, 0) is 12.8 Å². The number of alkyl halides is 3. The van der Waals surface area contributed by atoms with Gasteiger partial charge in [0.2, 0.25) is 0 Å². The zero-order valence-corrected chi connectivity index (χ0v) is 7.27. The largest absolute Gasteiger partial charge is 0.416 e. The van der Waals surface area contributed by atoms with Gasteiger partial charge in [-0.15, -0.1) is 0 Å². The molecule has 1 fully saturated rings. The van der Waals surface area contributed by atoms with Gasteiger partial charge in [-0.1, -0.05) is 19.3 Å². The van der Waals surface area contributed by atoms with Crippen molar-refractivity contribution in [2.24, 2.45) is 5.73 Å². The van der Waals surface area contributed by atoms with E-state index in [1.165, 1.54) is 0 Å². The zero-order chi connectivity index (χ0) is 10.1. The molecule has 78 valence electrons. The lowest BCUT2D eigenvalue weighted by molar-refractivity contribution is -0.226. The van der Waals surface area contributed by atoms with Crippen LogP contribution in [0.5, 0.6) is 0 Å². The third-order valence-corrected chi connectivity index (χ3v) is 2.64. The number of halogens is 3. The maximum atomic E-state index is 12.1. The normalized spacial score (nSPS) is 25.6. The van der Waals surface area contributed by atoms with Crippen LogP contribution in [-0.4, -0.2) is 22.9 Å². The van der Waals surface area contributed by atoms with Gasteiger partial charge < -0.3 is 10.8 Å². The van der Waals surface area contributed by atoms with Gasteiger partial charge in [0.05, 0.1) is 5.54 Å². The fraction of sp³-hybridized carbons (Fsp3) is 1.00. The molecule has 1 aliphatic carbocycles. The number of hydrogen-bond acceptors (Lipinski definition) is 2. The van der Waals surface area contributed by atoms with Crippen molar-refractivity contribution in [2.75, 3.05) is 0 Å². The van der Waals surface area contributed by atoms with Crippen molar-refractivity contribution >= 4 is 0 Å². The first-order valence-corrected chi connectivity index (χ1v) is 4.40. The minimum absolute atomic E-state index is 0.258. The Hall–Kier alpha value is -0.290. The molecule has 0 spiro atoms. The fourth-order valence-electron chi connectivity index (χ4n) is 1.81. The highest BCUT2D eigenvalue weighted by molar-refractivity contribution is 4.96. The SMILES string of the molecule is NC1(C(O)C(F)(F)F)CCCCC1. The minimum atomic E-state index is -4.59. The molecule has 2 nitrogen and oxygen atoms in total. The molecule has 0 heterocycles. The Kier molecular flexibility index (Phi) is 2.87. The Morgan fingerprint density at radius 3 is 2.00 bits per heavy atom. The van der Waals surface area contributed by atoms with Gasteiger partial charge in [0.1, 0.15) is 0 Å². The van der Waals surface area contributed by atoms with E-state index in [2.05, 4.69) is 0 Å². The molecule has 1 unspecified atom stereocenters. The van der Waals surface area contributed by atoms with Crippen molar-refractivity contribution in [3.63, 3.8) is 0 Å². The summed E-state index contributed by atoms with van der Waals surface area (Å²) < 4.78 is 36.4. The van der Waals surface area contributed by atoms with Crippen molar-refractivity contribution in [2.45, 2.75) is 49.9 Å². The van der Waals surface area contributed by atoms with Crippen LogP contribution in [0.2, 0.25) is 0 Å². The average Bonchev–Trinajstić information content (AvgIpc) is 2.03. The fourth-order valence-corrected chi connectivity index (χ4v) is 1.81. The third kappa shape index (κ3) is 2.34. The molecular formula is C8H14F3NO. The van der Waals surface area contributed by atoms with Crippen LogP contribution >= 0.6 is 0 Å². The van der Waals surface area contributed by atoms with Gasteiger partial charge in [0, 0.05) is 0 Å². The zero-order valence-electron chi connectivity index (χ0n) is 7.27. The van der Waals surface area contributed by atoms with Crippen molar-refractivity contribution in [3.05, 3.63) is 0 Å². The van der Waals surface area contributed by atoms with Gasteiger partial charge in [-0.25, -0.2) is 0 Å². The summed E-state index contributed by atoms with van der Waals surface area (Å²) in [5.74, 6) is 0. The molecule has 5 heteroatoms. The molecule has 1 aliphatic rings. The Bertz CT molecular complexity index is 175. The summed E-state index contributed by atoms with van der Waals surface area (Å²) in [4.78, 5) is 0. The molecule has 1 rings (SSSR count). The first-order valence-electron chi connectivity index (χ1n) is 4.40. The van der Waals surface area contributed by atoms with E-state index in [0.29, 0.717) is 12.8 Å². The second-order valence-electron chi connectivity index (χ2n) is 3.74. The summed E-state index contributed by atoms with van der Waals surface area (Å²) >= 11 is 0. The second-order valence-corrected chi connectivity index (χ2v) is 3.74. The van der Waals surface area contributed by atoms with E-state index in [0.717, 1.165) is 6.42 Å². The number of rotatable bonds is 1. The number of aliphatic hydroxyl groups is 1. The lowest BCUT2D eigenvalue weighted by atomic mass is 9.78. The molecule has 1 atom stereocenters. The molecule has 13 heavy (non-hydrogen) atoms. The smallest absolute Gasteiger partial charge is 0.382 e. The number of aliphatic hydroxyl groups excluding tert-OH is 1. The Balaban J connectivity index is 2.67. The minimum Gasteiger partial charge on any atom is -0.382 e. The van der Waals surface area contributed by atoms with Crippen LogP contribution in [0.4, 0.5) is 13.2 Å². The lowest BCUT2D eigenvalue weighted by Gasteiger charge is -2.38. The lowest BCUT2D eigenvalue weighted by Crippen LogP contribution is -2.58. The van der Waals surface area contributed by atoms with Crippen molar-refractivity contribution < 1.29 is 18.3 Å². The Morgan fingerprint density at radius 1 is 1.15 bits per heavy atom. The van der Waals surface area contributed by atoms with E-state index in [4.69, 9.17) is 10.8 Å². The number of nitrogens with two attached hydrogens (primary N) is 1. The van der Waals surface area contributed by atoms with Gasteiger partial charge in [0.25, 0.3) is 0 Å². The Labute approximate surface area is 74.9 Å². The van der Waals surface area contributed by atoms with Crippen molar-refractivity contribution in [3.8, 4) is 0 Å². The topological polar surface area (TPSA) is 46.2 Å². The summed E-state index contributed by atoms with van der Waals surface area (Å²) in [5.41, 5.74) is 4.07. The molecule has 3 N–H and O–H groups in total. The highest BCUT2D eigenvalue weighted by atomic mass is 19.4. The van der Waals surface area contributed by atoms with Crippen LogP contribution in [0.25, 0.3) is 0 Å². The molecule has 0 aromatic heterocycles. The van der Waals surface area contributed by atoms with Gasteiger partial charge in [-0.2, -0.15) is 13.2 Å². The number of hydrogen-bond donors (Lipinski definition) is 2. The Morgan fingerprint density at radius 2 is 1.62 bits per heavy atom. The summed E-state index contributed by atoms with van der Waals surface area (Å²) in [6, 6.07) is 0. The van der Waals surface area contributed by atoms with E-state index in [1.807, 2.05) is 0 Å². The van der Waals surface area contributed by atoms with E-state index in [-0.39, 0.29) is 12.8 Å². The van der Waals surface area contributed by atoms with Crippen LogP contribution < -0.4 is 5.73 Å². The highest BCUT2D eigenvalue weighted by Crippen LogP contribution is 2.36. The molecule has 0 radical (unpaired) electrons. The predicted octanol–water partition coefficient (Wildman–Crippen LogP) is 1.57. The summed E-state index contributed by atoms with van der Waals surface area (Å²) in [7, 11) is 0. The average molecular weight is 197 g/mol. The molecule has 0 amide bonds. The first kappa shape index (κ1) is 10.8. The molecular weight excluding hydrogens is 183 g/mol. The molecule has 0 aliphatic heterocycles. The summed E-state index contributed by atoms with van der Waals surface area (Å²) in [6.45, 7) is 0. The van der Waals surface area contributed by atoms with Crippen molar-refractivity contribution in [1.82, 2.24) is 0 Å². The quantitative estimate of drug-likeness (QED) is 0.670. The van der Waals surface area contributed by atoms with Crippen LogP contribution in [0.15, 0.2) is 0 Å². The molecule has 0 saturated heterocycles. The van der Waals surface area contributed by atoms with Gasteiger partial charge in [-0.3, -0.25) is 0 Å². The van der Waals surface area contributed by atoms with Gasteiger partial charge in [0.15, 0.2) is 6.10 Å². The van der Waals surface area contributed by atoms with Crippen molar-refractivity contribution in [1.29, 1.82) is 0 Å². The third-order valence-electron chi connectivity index (χ3n) is 2.64. The summed E-state index contributed by atoms with van der Waals surface area (Å²) in [6.07, 6.45) is -4.20. The van der Waals surface area contributed by atoms with Crippen LogP contribution in [0.1, 0.15) is 32.1 Å². The molecule has 0 aromatic carbocycles. The van der Waals surface area contributed by atoms with E-state index in [1.54, 1.807) is 0 Å². The van der Waals surface area contributed by atoms with Crippen LogP contribution in [0, 0.1) is 0 Å². The van der Waals surface area contributed by atoms with E-state index >= 15 is 0 Å². The van der Waals surface area contributed by atoms with E-state index in [9.17, 15) is 13.2 Å². The van der Waals surface area contributed by atoms with Gasteiger partial charge >= 0.3 is 6.18 Å². The monoisotopic (exact) mass is 197 g/mol. The maximum Gasteiger partial charge on any atom is 0.416 e. The first-order chi connectivity index (χ1) is 5.86. The van der Waals surface area contributed by atoms with Crippen LogP contribution in [0.3, 0.4) is 0 Å². The molecule has 0 aromatic rings. The summed E-state index contributed by atoms with van der Waals surface area (Å²) in [5, 5.41) is 9.02. The van der Waals surface area contributed by atoms with E-state index < -0.39 is 17.8 Å².